The lowest BCUT2D eigenvalue weighted by molar-refractivity contribution is 0.213. The molecule has 1 saturated heterocycles. The molecule has 6 nitrogen and oxygen atoms in total. The maximum atomic E-state index is 12.5. The van der Waals surface area contributed by atoms with Gasteiger partial charge in [0.05, 0.1) is 0 Å². The lowest BCUT2D eigenvalue weighted by Gasteiger charge is -2.20. The number of benzene rings is 1. The molecule has 6 heteroatoms. The Morgan fingerprint density at radius 1 is 1.25 bits per heavy atom. The SMILES string of the molecule is CCCn1cnc(NC(=O)N2CCCC(c3ccccc3)CC2)n1. The number of nitrogens with one attached hydrogen (secondary N) is 1. The van der Waals surface area contributed by atoms with E-state index in [0.717, 1.165) is 45.3 Å². The molecule has 2 heterocycles. The van der Waals surface area contributed by atoms with E-state index < -0.39 is 0 Å². The number of carbonyl (C=O) groups is 1. The van der Waals surface area contributed by atoms with Gasteiger partial charge in [0.2, 0.25) is 5.95 Å². The van der Waals surface area contributed by atoms with Gasteiger partial charge in [0.15, 0.2) is 0 Å². The number of hydrogen-bond acceptors (Lipinski definition) is 3. The van der Waals surface area contributed by atoms with E-state index in [1.807, 2.05) is 11.0 Å². The van der Waals surface area contributed by atoms with Gasteiger partial charge in [-0.25, -0.2) is 9.78 Å². The van der Waals surface area contributed by atoms with Gasteiger partial charge in [0.1, 0.15) is 6.33 Å². The van der Waals surface area contributed by atoms with Gasteiger partial charge in [-0.05, 0) is 37.2 Å². The fourth-order valence-corrected chi connectivity index (χ4v) is 3.22. The van der Waals surface area contributed by atoms with Crippen molar-refractivity contribution in [1.29, 1.82) is 0 Å². The number of amides is 2. The zero-order valence-corrected chi connectivity index (χ0v) is 14.2. The first kappa shape index (κ1) is 16.5. The second-order valence-electron chi connectivity index (χ2n) is 6.29. The minimum absolute atomic E-state index is 0.0991. The molecule has 1 fully saturated rings. The number of rotatable bonds is 4. The second kappa shape index (κ2) is 7.95. The summed E-state index contributed by atoms with van der Waals surface area (Å²) in [5.74, 6) is 0.920. The Labute approximate surface area is 142 Å². The summed E-state index contributed by atoms with van der Waals surface area (Å²) in [6, 6.07) is 10.5. The van der Waals surface area contributed by atoms with Crippen LogP contribution in [0, 0.1) is 0 Å². The van der Waals surface area contributed by atoms with Gasteiger partial charge >= 0.3 is 6.03 Å². The van der Waals surface area contributed by atoms with Gasteiger partial charge in [0, 0.05) is 19.6 Å². The van der Waals surface area contributed by atoms with Crippen LogP contribution in [-0.4, -0.2) is 38.8 Å². The van der Waals surface area contributed by atoms with Gasteiger partial charge in [-0.2, -0.15) is 0 Å². The van der Waals surface area contributed by atoms with Crippen molar-refractivity contribution in [2.45, 2.75) is 45.1 Å². The van der Waals surface area contributed by atoms with Crippen molar-refractivity contribution >= 4 is 12.0 Å². The number of likely N-dealkylation sites (tertiary alicyclic amines) is 1. The number of urea groups is 1. The molecular weight excluding hydrogens is 302 g/mol. The highest BCUT2D eigenvalue weighted by atomic mass is 16.2. The average molecular weight is 327 g/mol. The summed E-state index contributed by atoms with van der Waals surface area (Å²) in [6.45, 7) is 4.44. The molecule has 128 valence electrons. The molecule has 1 unspecified atom stereocenters. The maximum absolute atomic E-state index is 12.5. The van der Waals surface area contributed by atoms with E-state index in [0.29, 0.717) is 11.9 Å². The molecule has 1 aromatic carbocycles. The smallest absolute Gasteiger partial charge is 0.324 e. The summed E-state index contributed by atoms with van der Waals surface area (Å²) < 4.78 is 1.75. The van der Waals surface area contributed by atoms with E-state index in [2.05, 4.69) is 46.6 Å². The zero-order chi connectivity index (χ0) is 16.8. The first-order chi connectivity index (χ1) is 11.8. The lowest BCUT2D eigenvalue weighted by Crippen LogP contribution is -2.36. The van der Waals surface area contributed by atoms with Gasteiger partial charge in [-0.15, -0.1) is 5.10 Å². The highest BCUT2D eigenvalue weighted by Gasteiger charge is 2.22. The molecule has 0 bridgehead atoms. The minimum atomic E-state index is -0.0991. The van der Waals surface area contributed by atoms with Crippen molar-refractivity contribution in [2.24, 2.45) is 0 Å². The maximum Gasteiger partial charge on any atom is 0.324 e. The number of carbonyl (C=O) groups excluding carboxylic acids is 1. The third-order valence-electron chi connectivity index (χ3n) is 4.49. The summed E-state index contributed by atoms with van der Waals surface area (Å²) in [5.41, 5.74) is 1.37. The zero-order valence-electron chi connectivity index (χ0n) is 14.2. The Kier molecular flexibility index (Phi) is 5.46. The Morgan fingerprint density at radius 2 is 2.08 bits per heavy atom. The molecule has 0 spiro atoms. The standard InChI is InChI=1S/C18H25N5O/c1-2-11-23-14-19-17(21-23)20-18(24)22-12-6-9-16(10-13-22)15-7-4-3-5-8-15/h3-5,7-8,14,16H,2,6,9-13H2,1H3,(H,20,21,24). The van der Waals surface area contributed by atoms with Gasteiger partial charge in [-0.1, -0.05) is 37.3 Å². The monoisotopic (exact) mass is 327 g/mol. The normalized spacial score (nSPS) is 18.2. The fraction of sp³-hybridized carbons (Fsp3) is 0.500. The lowest BCUT2D eigenvalue weighted by atomic mass is 9.92. The van der Waals surface area contributed by atoms with Crippen molar-refractivity contribution < 1.29 is 4.79 Å². The van der Waals surface area contributed by atoms with Crippen LogP contribution in [0.5, 0.6) is 0 Å². The van der Waals surface area contributed by atoms with Crippen LogP contribution in [0.3, 0.4) is 0 Å². The van der Waals surface area contributed by atoms with E-state index in [4.69, 9.17) is 0 Å². The van der Waals surface area contributed by atoms with Crippen LogP contribution in [0.2, 0.25) is 0 Å². The molecule has 1 N–H and O–H groups in total. The molecule has 2 aromatic rings. The molecule has 1 aromatic heterocycles. The minimum Gasteiger partial charge on any atom is -0.324 e. The number of aryl methyl sites for hydroxylation is 1. The van der Waals surface area contributed by atoms with E-state index >= 15 is 0 Å². The van der Waals surface area contributed by atoms with Crippen LogP contribution in [0.15, 0.2) is 36.7 Å². The number of nitrogens with zero attached hydrogens (tertiary/aromatic N) is 4. The molecule has 3 rings (SSSR count). The van der Waals surface area contributed by atoms with Crippen molar-refractivity contribution in [1.82, 2.24) is 19.7 Å². The van der Waals surface area contributed by atoms with Gasteiger partial charge in [-0.3, -0.25) is 10.00 Å². The molecule has 0 radical (unpaired) electrons. The van der Waals surface area contributed by atoms with Crippen LogP contribution in [-0.2, 0) is 6.54 Å². The third kappa shape index (κ3) is 4.13. The van der Waals surface area contributed by atoms with Crippen molar-refractivity contribution in [2.75, 3.05) is 18.4 Å². The molecule has 0 saturated carbocycles. The largest absolute Gasteiger partial charge is 0.324 e. The predicted octanol–water partition coefficient (Wildman–Crippen LogP) is 3.49. The topological polar surface area (TPSA) is 63.1 Å². The first-order valence-corrected chi connectivity index (χ1v) is 8.76. The summed E-state index contributed by atoms with van der Waals surface area (Å²) >= 11 is 0. The number of anilines is 1. The molecule has 0 aliphatic carbocycles. The molecule has 24 heavy (non-hydrogen) atoms. The quantitative estimate of drug-likeness (QED) is 0.935. The van der Waals surface area contributed by atoms with Crippen molar-refractivity contribution in [3.63, 3.8) is 0 Å². The molecule has 1 aliphatic rings. The average Bonchev–Trinajstić information content (AvgIpc) is 2.89. The molecule has 1 aliphatic heterocycles. The number of hydrogen-bond donors (Lipinski definition) is 1. The Balaban J connectivity index is 1.56. The fourth-order valence-electron chi connectivity index (χ4n) is 3.22. The van der Waals surface area contributed by atoms with Crippen molar-refractivity contribution in [3.05, 3.63) is 42.2 Å². The summed E-state index contributed by atoms with van der Waals surface area (Å²) in [5, 5.41) is 7.08. The van der Waals surface area contributed by atoms with E-state index in [1.165, 1.54) is 5.56 Å². The Hall–Kier alpha value is -2.37. The Morgan fingerprint density at radius 3 is 2.88 bits per heavy atom. The second-order valence-corrected chi connectivity index (χ2v) is 6.29. The summed E-state index contributed by atoms with van der Waals surface area (Å²) in [7, 11) is 0. The van der Waals surface area contributed by atoms with Gasteiger partial charge in [0.25, 0.3) is 0 Å². The van der Waals surface area contributed by atoms with Crippen LogP contribution in [0.1, 0.15) is 44.1 Å². The third-order valence-corrected chi connectivity index (χ3v) is 4.49. The van der Waals surface area contributed by atoms with Gasteiger partial charge < -0.3 is 4.90 Å². The number of aromatic nitrogens is 3. The van der Waals surface area contributed by atoms with E-state index in [1.54, 1.807) is 11.0 Å². The van der Waals surface area contributed by atoms with E-state index in [-0.39, 0.29) is 6.03 Å². The molecule has 2 amide bonds. The van der Waals surface area contributed by atoms with E-state index in [9.17, 15) is 4.79 Å². The molecular formula is C18H25N5O. The summed E-state index contributed by atoms with van der Waals surface area (Å²) in [6.07, 6.45) is 5.79. The van der Waals surface area contributed by atoms with Crippen LogP contribution < -0.4 is 5.32 Å². The van der Waals surface area contributed by atoms with Crippen LogP contribution >= 0.6 is 0 Å². The van der Waals surface area contributed by atoms with Crippen LogP contribution in [0.4, 0.5) is 10.7 Å². The molecule has 1 atom stereocenters. The highest BCUT2D eigenvalue weighted by molar-refractivity contribution is 5.87. The Bertz CT molecular complexity index is 654. The highest BCUT2D eigenvalue weighted by Crippen LogP contribution is 2.27. The van der Waals surface area contributed by atoms with Crippen molar-refractivity contribution in [3.8, 4) is 0 Å². The summed E-state index contributed by atoms with van der Waals surface area (Å²) in [4.78, 5) is 18.5. The predicted molar refractivity (Wildman–Crippen MR) is 93.9 cm³/mol. The van der Waals surface area contributed by atoms with Crippen LogP contribution in [0.25, 0.3) is 0 Å². The first-order valence-electron chi connectivity index (χ1n) is 8.76.